The topological polar surface area (TPSA) is 92.7 Å². The van der Waals surface area contributed by atoms with Gasteiger partial charge in [0.05, 0.1) is 24.5 Å². The van der Waals surface area contributed by atoms with Crippen LogP contribution in [0.5, 0.6) is 0 Å². The molecule has 0 spiro atoms. The van der Waals surface area contributed by atoms with E-state index < -0.39 is 23.8 Å². The Morgan fingerprint density at radius 2 is 1.78 bits per heavy atom. The van der Waals surface area contributed by atoms with Gasteiger partial charge in [0.15, 0.2) is 0 Å². The van der Waals surface area contributed by atoms with Crippen LogP contribution in [0.15, 0.2) is 12.2 Å². The number of ether oxygens (including phenoxy) is 1. The van der Waals surface area contributed by atoms with Crippen LogP contribution < -0.4 is 5.32 Å². The van der Waals surface area contributed by atoms with Gasteiger partial charge in [0.2, 0.25) is 5.91 Å². The summed E-state index contributed by atoms with van der Waals surface area (Å²) in [6.07, 6.45) is 9.35. The first-order valence-corrected chi connectivity index (χ1v) is 10.3. The molecular weight excluding hydrogens is 366 g/mol. The first-order chi connectivity index (χ1) is 13.0. The van der Waals surface area contributed by atoms with E-state index in [0.29, 0.717) is 10.6 Å². The number of thiophene rings is 1. The maximum atomic E-state index is 13.1. The average molecular weight is 389 g/mol. The summed E-state index contributed by atoms with van der Waals surface area (Å²) in [5.74, 6) is -3.13. The van der Waals surface area contributed by atoms with Gasteiger partial charge in [0, 0.05) is 4.88 Å². The van der Waals surface area contributed by atoms with Gasteiger partial charge < -0.3 is 15.2 Å². The molecule has 4 aliphatic rings. The number of hydrogen-bond acceptors (Lipinski definition) is 5. The second-order valence-corrected chi connectivity index (χ2v) is 8.68. The Balaban J connectivity index is 1.65. The number of esters is 1. The minimum Gasteiger partial charge on any atom is -0.481 e. The molecule has 0 aromatic carbocycles. The third-order valence-electron chi connectivity index (χ3n) is 6.13. The number of rotatable bonds is 4. The molecule has 1 aromatic rings. The molecule has 0 unspecified atom stereocenters. The van der Waals surface area contributed by atoms with Crippen molar-refractivity contribution in [3.05, 3.63) is 28.2 Å². The van der Waals surface area contributed by atoms with Gasteiger partial charge in [-0.15, -0.1) is 11.3 Å². The normalized spacial score (nSPS) is 28.5. The van der Waals surface area contributed by atoms with E-state index in [1.165, 1.54) is 18.4 Å². The van der Waals surface area contributed by atoms with Gasteiger partial charge in [-0.3, -0.25) is 9.59 Å². The molecule has 0 radical (unpaired) electrons. The van der Waals surface area contributed by atoms with E-state index in [9.17, 15) is 19.5 Å². The Kier molecular flexibility index (Phi) is 4.80. The quantitative estimate of drug-likeness (QED) is 0.609. The Bertz CT molecular complexity index is 827. The van der Waals surface area contributed by atoms with Crippen molar-refractivity contribution in [3.63, 3.8) is 0 Å². The molecular formula is C20H23NO5S. The number of fused-ring (bicyclic) bond motifs is 3. The molecule has 2 bridgehead atoms. The fourth-order valence-electron chi connectivity index (χ4n) is 4.86. The minimum absolute atomic E-state index is 0.0627. The van der Waals surface area contributed by atoms with Crippen molar-refractivity contribution in [2.24, 2.45) is 23.7 Å². The number of amides is 1. The summed E-state index contributed by atoms with van der Waals surface area (Å²) >= 11 is 1.43. The van der Waals surface area contributed by atoms with E-state index in [1.807, 2.05) is 12.2 Å². The average Bonchev–Trinajstić information content (AvgIpc) is 3.05. The van der Waals surface area contributed by atoms with Crippen LogP contribution in [0.4, 0.5) is 5.00 Å². The molecule has 144 valence electrons. The zero-order chi connectivity index (χ0) is 19.1. The van der Waals surface area contributed by atoms with E-state index in [4.69, 9.17) is 4.74 Å². The molecule has 1 aromatic heterocycles. The minimum atomic E-state index is -0.923. The fourth-order valence-corrected chi connectivity index (χ4v) is 6.14. The second-order valence-electron chi connectivity index (χ2n) is 7.58. The van der Waals surface area contributed by atoms with Crippen LogP contribution in [0.2, 0.25) is 0 Å². The van der Waals surface area contributed by atoms with E-state index >= 15 is 0 Å². The number of carbonyl (C=O) groups is 3. The highest BCUT2D eigenvalue weighted by atomic mass is 32.1. The van der Waals surface area contributed by atoms with Gasteiger partial charge in [-0.25, -0.2) is 4.79 Å². The molecule has 5 rings (SSSR count). The summed E-state index contributed by atoms with van der Waals surface area (Å²) < 4.78 is 4.95. The SMILES string of the molecule is COC(=O)c1c(NC(=O)[C@@H]2[C@H](C(=O)O)[C@H]3C=C[C@H]2CC3)sc2c1CCCC2. The van der Waals surface area contributed by atoms with E-state index in [1.54, 1.807) is 0 Å². The lowest BCUT2D eigenvalue weighted by Crippen LogP contribution is -2.47. The molecule has 1 saturated carbocycles. The van der Waals surface area contributed by atoms with Gasteiger partial charge in [0.1, 0.15) is 5.00 Å². The summed E-state index contributed by atoms with van der Waals surface area (Å²) in [6, 6.07) is 0. The fraction of sp³-hybridized carbons (Fsp3) is 0.550. The first-order valence-electron chi connectivity index (χ1n) is 9.46. The van der Waals surface area contributed by atoms with E-state index in [2.05, 4.69) is 5.32 Å². The zero-order valence-electron chi connectivity index (χ0n) is 15.2. The van der Waals surface area contributed by atoms with Crippen LogP contribution in [0, 0.1) is 23.7 Å². The largest absolute Gasteiger partial charge is 0.481 e. The van der Waals surface area contributed by atoms with E-state index in [0.717, 1.165) is 49.0 Å². The number of methoxy groups -OCH3 is 1. The first kappa shape index (κ1) is 18.2. The van der Waals surface area contributed by atoms with Crippen molar-refractivity contribution in [1.29, 1.82) is 0 Å². The summed E-state index contributed by atoms with van der Waals surface area (Å²) in [5, 5.41) is 13.1. The van der Waals surface area contributed by atoms with Gasteiger partial charge in [-0.2, -0.15) is 0 Å². The van der Waals surface area contributed by atoms with Crippen LogP contribution in [-0.4, -0.2) is 30.1 Å². The van der Waals surface area contributed by atoms with Crippen LogP contribution >= 0.6 is 11.3 Å². The molecule has 1 heterocycles. The third kappa shape index (κ3) is 3.08. The Hall–Kier alpha value is -2.15. The summed E-state index contributed by atoms with van der Waals surface area (Å²) in [6.45, 7) is 0. The molecule has 0 aliphatic heterocycles. The maximum Gasteiger partial charge on any atom is 0.341 e. The zero-order valence-corrected chi connectivity index (χ0v) is 16.0. The van der Waals surface area contributed by atoms with Crippen molar-refractivity contribution in [2.45, 2.75) is 38.5 Å². The highest BCUT2D eigenvalue weighted by Gasteiger charge is 2.48. The number of anilines is 1. The highest BCUT2D eigenvalue weighted by Crippen LogP contribution is 2.46. The second kappa shape index (κ2) is 7.11. The summed E-state index contributed by atoms with van der Waals surface area (Å²) in [7, 11) is 1.34. The monoisotopic (exact) mass is 389 g/mol. The smallest absolute Gasteiger partial charge is 0.341 e. The number of carbonyl (C=O) groups excluding carboxylic acids is 2. The molecule has 1 amide bonds. The van der Waals surface area contributed by atoms with Gasteiger partial charge >= 0.3 is 11.9 Å². The molecule has 7 heteroatoms. The number of aliphatic carboxylic acids is 1. The van der Waals surface area contributed by atoms with Gasteiger partial charge in [-0.05, 0) is 55.9 Å². The number of aryl methyl sites for hydroxylation is 1. The maximum absolute atomic E-state index is 13.1. The lowest BCUT2D eigenvalue weighted by atomic mass is 9.62. The van der Waals surface area contributed by atoms with Crippen LogP contribution in [0.25, 0.3) is 0 Å². The van der Waals surface area contributed by atoms with Gasteiger partial charge in [0.25, 0.3) is 0 Å². The summed E-state index contributed by atoms with van der Waals surface area (Å²) in [5.41, 5.74) is 1.43. The number of allylic oxidation sites excluding steroid dienone is 2. The number of carboxylic acids is 1. The Morgan fingerprint density at radius 3 is 2.41 bits per heavy atom. The predicted octanol–water partition coefficient (Wildman–Crippen LogP) is 3.27. The Labute approximate surface area is 161 Å². The van der Waals surface area contributed by atoms with Crippen molar-refractivity contribution in [3.8, 4) is 0 Å². The lowest BCUT2D eigenvalue weighted by molar-refractivity contribution is -0.151. The van der Waals surface area contributed by atoms with Crippen molar-refractivity contribution in [2.75, 3.05) is 12.4 Å². The van der Waals surface area contributed by atoms with Crippen LogP contribution in [-0.2, 0) is 27.2 Å². The molecule has 6 nitrogen and oxygen atoms in total. The number of nitrogens with one attached hydrogen (secondary N) is 1. The van der Waals surface area contributed by atoms with Crippen molar-refractivity contribution >= 4 is 34.2 Å². The van der Waals surface area contributed by atoms with Crippen molar-refractivity contribution < 1.29 is 24.2 Å². The van der Waals surface area contributed by atoms with Crippen LogP contribution in [0.1, 0.15) is 46.5 Å². The predicted molar refractivity (Wildman–Crippen MR) is 101 cm³/mol. The standard InChI is InChI=1S/C20H23NO5S/c1-26-20(25)16-12-4-2-3-5-13(12)27-18(16)21-17(22)14-10-6-8-11(9-7-10)15(14)19(23)24/h6,8,10-11,14-15H,2-5,7,9H2,1H3,(H,21,22)(H,23,24)/t10-,11-,14-,15+/m0/s1. The van der Waals surface area contributed by atoms with E-state index in [-0.39, 0.29) is 17.7 Å². The van der Waals surface area contributed by atoms with Crippen LogP contribution in [0.3, 0.4) is 0 Å². The molecule has 4 aliphatic carbocycles. The lowest BCUT2D eigenvalue weighted by Gasteiger charge is -2.41. The molecule has 0 saturated heterocycles. The Morgan fingerprint density at radius 1 is 1.11 bits per heavy atom. The molecule has 27 heavy (non-hydrogen) atoms. The molecule has 1 fully saturated rings. The number of hydrogen-bond donors (Lipinski definition) is 2. The third-order valence-corrected chi connectivity index (χ3v) is 7.34. The molecule has 4 atom stereocenters. The molecule has 2 N–H and O–H groups in total. The number of carboxylic acid groups (broad SMARTS) is 1. The summed E-state index contributed by atoms with van der Waals surface area (Å²) in [4.78, 5) is 38.4. The highest BCUT2D eigenvalue weighted by molar-refractivity contribution is 7.17. The van der Waals surface area contributed by atoms with Crippen molar-refractivity contribution in [1.82, 2.24) is 0 Å². The van der Waals surface area contributed by atoms with Gasteiger partial charge in [-0.1, -0.05) is 12.2 Å².